The normalized spacial score (nSPS) is 18.5. The first kappa shape index (κ1) is 29.3. The highest BCUT2D eigenvalue weighted by atomic mass is 32.2. The minimum Gasteiger partial charge on any atom is -0.494 e. The Hall–Kier alpha value is -4.73. The number of aryl methyl sites for hydroxylation is 1. The molecule has 2 aliphatic rings. The quantitative estimate of drug-likeness (QED) is 0.291. The lowest BCUT2D eigenvalue weighted by Crippen LogP contribution is -2.55. The van der Waals surface area contributed by atoms with E-state index < -0.39 is 27.0 Å². The molecule has 4 aromatic rings. The molecule has 0 saturated carbocycles. The van der Waals surface area contributed by atoms with E-state index in [1.807, 2.05) is 0 Å². The van der Waals surface area contributed by atoms with E-state index in [0.717, 1.165) is 18.8 Å². The monoisotopic (exact) mass is 626 g/mol. The molecule has 2 fully saturated rings. The Bertz CT molecular complexity index is 1750. The average molecular weight is 627 g/mol. The molecule has 16 heteroatoms. The Labute approximate surface area is 252 Å². The van der Waals surface area contributed by atoms with Gasteiger partial charge in [0, 0.05) is 26.2 Å². The van der Waals surface area contributed by atoms with E-state index in [1.165, 1.54) is 18.8 Å². The Morgan fingerprint density at radius 3 is 2.34 bits per heavy atom. The summed E-state index contributed by atoms with van der Waals surface area (Å²) in [7, 11) is -1.27. The molecule has 2 atom stereocenters. The second kappa shape index (κ2) is 11.7. The standard InChI is InChI=1S/C28H31FN8O6S/c1-17-8-9-23(43-17)25-32-33-28(37(25)24-21(41-2)6-4-7-22(24)42-3)34-44(39,40)20-12-18(26(38)35-10-5-11-35)15-36(16-20)27-30-13-19(29)14-31-27/h4,6-9,13-14,18,20H,5,10-12,15-16H2,1-3H3,(H,33,34)/t18-,20+/m0/s1. The number of methoxy groups -OCH3 is 2. The van der Waals surface area contributed by atoms with E-state index in [9.17, 15) is 17.6 Å². The zero-order valence-corrected chi connectivity index (χ0v) is 25.1. The minimum absolute atomic E-state index is 0.0406. The predicted molar refractivity (Wildman–Crippen MR) is 157 cm³/mol. The van der Waals surface area contributed by atoms with Crippen molar-refractivity contribution in [3.05, 3.63) is 54.3 Å². The van der Waals surface area contributed by atoms with Crippen molar-refractivity contribution < 1.29 is 31.5 Å². The lowest BCUT2D eigenvalue weighted by atomic mass is 9.95. The molecule has 0 aliphatic carbocycles. The zero-order valence-electron chi connectivity index (χ0n) is 24.3. The molecule has 2 aliphatic heterocycles. The molecule has 0 radical (unpaired) electrons. The van der Waals surface area contributed by atoms with E-state index in [0.29, 0.717) is 41.8 Å². The van der Waals surface area contributed by atoms with Crippen molar-refractivity contribution >= 4 is 27.8 Å². The molecule has 1 aromatic carbocycles. The maximum Gasteiger partial charge on any atom is 0.243 e. The molecule has 5 heterocycles. The maximum absolute atomic E-state index is 14.1. The van der Waals surface area contributed by atoms with Crippen LogP contribution >= 0.6 is 0 Å². The number of piperidine rings is 1. The second-order valence-corrected chi connectivity index (χ2v) is 12.6. The third kappa shape index (κ3) is 5.52. The highest BCUT2D eigenvalue weighted by Crippen LogP contribution is 2.38. The molecule has 0 bridgehead atoms. The number of nitrogens with one attached hydrogen (secondary N) is 1. The van der Waals surface area contributed by atoms with Crippen LogP contribution in [-0.2, 0) is 14.8 Å². The Morgan fingerprint density at radius 2 is 1.75 bits per heavy atom. The van der Waals surface area contributed by atoms with Gasteiger partial charge in [0.05, 0.1) is 37.8 Å². The molecule has 6 rings (SSSR count). The van der Waals surface area contributed by atoms with Crippen molar-refractivity contribution in [2.45, 2.75) is 25.0 Å². The summed E-state index contributed by atoms with van der Waals surface area (Å²) in [4.78, 5) is 24.7. The number of benzene rings is 1. The molecule has 2 saturated heterocycles. The van der Waals surface area contributed by atoms with Gasteiger partial charge in [-0.1, -0.05) is 6.07 Å². The van der Waals surface area contributed by atoms with Crippen LogP contribution in [-0.4, -0.2) is 89.6 Å². The van der Waals surface area contributed by atoms with Gasteiger partial charge in [0.25, 0.3) is 0 Å². The molecule has 0 unspecified atom stereocenters. The Morgan fingerprint density at radius 1 is 1.05 bits per heavy atom. The van der Waals surface area contributed by atoms with Gasteiger partial charge in [0.2, 0.25) is 33.7 Å². The summed E-state index contributed by atoms with van der Waals surface area (Å²) in [6.07, 6.45) is 2.96. The average Bonchev–Trinajstić information content (AvgIpc) is 3.61. The lowest BCUT2D eigenvalue weighted by molar-refractivity contribution is -0.139. The summed E-state index contributed by atoms with van der Waals surface area (Å²) in [5, 5.41) is 7.38. The van der Waals surface area contributed by atoms with Gasteiger partial charge in [-0.2, -0.15) is 0 Å². The van der Waals surface area contributed by atoms with Gasteiger partial charge in [-0.15, -0.1) is 10.2 Å². The Kier molecular flexibility index (Phi) is 7.84. The largest absolute Gasteiger partial charge is 0.494 e. The van der Waals surface area contributed by atoms with Crippen LogP contribution in [0.15, 0.2) is 47.1 Å². The molecular formula is C28H31FN8O6S. The number of aromatic nitrogens is 5. The molecule has 232 valence electrons. The number of halogens is 1. The van der Waals surface area contributed by atoms with Crippen LogP contribution in [0, 0.1) is 18.7 Å². The van der Waals surface area contributed by atoms with E-state index >= 15 is 0 Å². The SMILES string of the molecule is COc1cccc(OC)c1-n1c(NS(=O)(=O)[C@@H]2C[C@H](C(=O)N3CCC3)CN(c3ncc(F)cn3)C2)nnc1-c1ccc(C)o1. The van der Waals surface area contributed by atoms with Crippen LogP contribution in [0.2, 0.25) is 0 Å². The first-order valence-corrected chi connectivity index (χ1v) is 15.5. The van der Waals surface area contributed by atoms with Crippen LogP contribution in [0.3, 0.4) is 0 Å². The summed E-state index contributed by atoms with van der Waals surface area (Å²) >= 11 is 0. The number of sulfonamides is 1. The topological polar surface area (TPSA) is 158 Å². The number of nitrogens with zero attached hydrogens (tertiary/aromatic N) is 7. The number of hydrogen-bond donors (Lipinski definition) is 1. The van der Waals surface area contributed by atoms with Gasteiger partial charge in [-0.3, -0.25) is 14.1 Å². The summed E-state index contributed by atoms with van der Waals surface area (Å²) < 4.78 is 62.9. The summed E-state index contributed by atoms with van der Waals surface area (Å²) in [6, 6.07) is 8.57. The number of likely N-dealkylation sites (tertiary alicyclic amines) is 1. The third-order valence-electron chi connectivity index (χ3n) is 7.74. The lowest BCUT2D eigenvalue weighted by Gasteiger charge is -2.40. The van der Waals surface area contributed by atoms with Crippen molar-refractivity contribution in [2.24, 2.45) is 5.92 Å². The number of anilines is 2. The second-order valence-electron chi connectivity index (χ2n) is 10.6. The first-order chi connectivity index (χ1) is 21.2. The smallest absolute Gasteiger partial charge is 0.243 e. The number of rotatable bonds is 9. The number of furan rings is 1. The summed E-state index contributed by atoms with van der Waals surface area (Å²) in [6.45, 7) is 3.17. The Balaban J connectivity index is 1.40. The van der Waals surface area contributed by atoms with Gasteiger partial charge in [0.15, 0.2) is 11.6 Å². The fourth-order valence-corrected chi connectivity index (χ4v) is 6.84. The van der Waals surface area contributed by atoms with Gasteiger partial charge in [0.1, 0.15) is 22.9 Å². The van der Waals surface area contributed by atoms with Gasteiger partial charge in [-0.05, 0) is 44.0 Å². The van der Waals surface area contributed by atoms with Crippen LogP contribution in [0.25, 0.3) is 17.3 Å². The van der Waals surface area contributed by atoms with E-state index in [-0.39, 0.29) is 43.1 Å². The van der Waals surface area contributed by atoms with Gasteiger partial charge < -0.3 is 23.7 Å². The number of para-hydroxylation sites is 1. The molecule has 0 spiro atoms. The fraction of sp³-hybridized carbons (Fsp3) is 0.393. The molecular weight excluding hydrogens is 595 g/mol. The number of carbonyl (C=O) groups is 1. The van der Waals surface area contributed by atoms with Crippen LogP contribution < -0.4 is 19.1 Å². The minimum atomic E-state index is -4.23. The van der Waals surface area contributed by atoms with Crippen LogP contribution in [0.1, 0.15) is 18.6 Å². The van der Waals surface area contributed by atoms with E-state index in [2.05, 4.69) is 24.9 Å². The number of carbonyl (C=O) groups excluding carboxylic acids is 1. The zero-order chi connectivity index (χ0) is 31.0. The molecule has 1 N–H and O–H groups in total. The molecule has 1 amide bonds. The highest BCUT2D eigenvalue weighted by molar-refractivity contribution is 7.93. The third-order valence-corrected chi connectivity index (χ3v) is 9.43. The number of hydrogen-bond acceptors (Lipinski definition) is 11. The fourth-order valence-electron chi connectivity index (χ4n) is 5.42. The number of amides is 1. The van der Waals surface area contributed by atoms with Crippen molar-refractivity contribution in [1.82, 2.24) is 29.6 Å². The van der Waals surface area contributed by atoms with Crippen molar-refractivity contribution in [2.75, 3.05) is 50.0 Å². The van der Waals surface area contributed by atoms with E-state index in [4.69, 9.17) is 13.9 Å². The van der Waals surface area contributed by atoms with Crippen LogP contribution in [0.4, 0.5) is 16.3 Å². The summed E-state index contributed by atoms with van der Waals surface area (Å²) in [5.41, 5.74) is 0.347. The molecule has 44 heavy (non-hydrogen) atoms. The molecule has 14 nitrogen and oxygen atoms in total. The van der Waals surface area contributed by atoms with Crippen molar-refractivity contribution in [3.63, 3.8) is 0 Å². The van der Waals surface area contributed by atoms with Gasteiger partial charge >= 0.3 is 0 Å². The predicted octanol–water partition coefficient (Wildman–Crippen LogP) is 2.65. The van der Waals surface area contributed by atoms with Crippen molar-refractivity contribution in [1.29, 1.82) is 0 Å². The van der Waals surface area contributed by atoms with Crippen LogP contribution in [0.5, 0.6) is 11.5 Å². The molecule has 3 aromatic heterocycles. The van der Waals surface area contributed by atoms with Crippen molar-refractivity contribution in [3.8, 4) is 28.8 Å². The van der Waals surface area contributed by atoms with Gasteiger partial charge in [-0.25, -0.2) is 22.8 Å². The number of ether oxygens (including phenoxy) is 2. The summed E-state index contributed by atoms with van der Waals surface area (Å²) in [5.74, 6) is 0.473. The van der Waals surface area contributed by atoms with E-state index in [1.54, 1.807) is 47.1 Å². The maximum atomic E-state index is 14.1. The first-order valence-electron chi connectivity index (χ1n) is 13.9. The highest BCUT2D eigenvalue weighted by Gasteiger charge is 2.42.